The molecule has 0 spiro atoms. The number of nitrogens with zero attached hydrogens (tertiary/aromatic N) is 1. The summed E-state index contributed by atoms with van der Waals surface area (Å²) < 4.78 is 13.4. The number of likely N-dealkylation sites (tertiary alicyclic amines) is 1. The van der Waals surface area contributed by atoms with Gasteiger partial charge in [-0.05, 0) is 73.5 Å². The van der Waals surface area contributed by atoms with Crippen molar-refractivity contribution in [1.29, 1.82) is 0 Å². The van der Waals surface area contributed by atoms with Gasteiger partial charge in [0.25, 0.3) is 0 Å². The lowest BCUT2D eigenvalue weighted by molar-refractivity contribution is 0.185. The zero-order valence-electron chi connectivity index (χ0n) is 17.1. The van der Waals surface area contributed by atoms with Gasteiger partial charge in [0, 0.05) is 18.6 Å². The average molecular weight is 381 g/mol. The summed E-state index contributed by atoms with van der Waals surface area (Å²) >= 11 is 0. The first-order valence-electron chi connectivity index (χ1n) is 10.9. The van der Waals surface area contributed by atoms with Crippen LogP contribution >= 0.6 is 0 Å². The smallest absolute Gasteiger partial charge is 0.123 e. The van der Waals surface area contributed by atoms with Gasteiger partial charge in [-0.2, -0.15) is 0 Å². The number of piperidine rings is 1. The minimum atomic E-state index is -0.156. The molecule has 4 rings (SSSR count). The second kappa shape index (κ2) is 8.75. The third-order valence-electron chi connectivity index (χ3n) is 6.76. The molecule has 2 aromatic carbocycles. The molecule has 1 saturated heterocycles. The lowest BCUT2D eigenvalue weighted by Crippen LogP contribution is -2.39. The summed E-state index contributed by atoms with van der Waals surface area (Å²) in [4.78, 5) is 2.59. The van der Waals surface area contributed by atoms with Crippen LogP contribution in [0.5, 0.6) is 0 Å². The van der Waals surface area contributed by atoms with Crippen molar-refractivity contribution in [3.63, 3.8) is 0 Å². The van der Waals surface area contributed by atoms with Gasteiger partial charge >= 0.3 is 0 Å². The van der Waals surface area contributed by atoms with E-state index in [0.29, 0.717) is 0 Å². The fraction of sp³-hybridized carbons (Fsp3) is 0.520. The largest absolute Gasteiger partial charge is 0.303 e. The van der Waals surface area contributed by atoms with Gasteiger partial charge in [0.2, 0.25) is 0 Å². The molecule has 2 aliphatic rings. The molecule has 1 aliphatic heterocycles. The van der Waals surface area contributed by atoms with E-state index in [1.165, 1.54) is 55.5 Å². The maximum Gasteiger partial charge on any atom is 0.123 e. The van der Waals surface area contributed by atoms with Crippen LogP contribution in [-0.4, -0.2) is 18.0 Å². The molecule has 1 aliphatic carbocycles. The van der Waals surface area contributed by atoms with Crippen molar-refractivity contribution in [2.75, 3.05) is 13.1 Å². The highest BCUT2D eigenvalue weighted by Crippen LogP contribution is 2.39. The van der Waals surface area contributed by atoms with Crippen LogP contribution in [0.3, 0.4) is 0 Å². The van der Waals surface area contributed by atoms with Crippen molar-refractivity contribution in [3.8, 4) is 0 Å². The van der Waals surface area contributed by atoms with Crippen molar-refractivity contribution in [1.82, 2.24) is 10.2 Å². The molecule has 2 nitrogen and oxygen atoms in total. The van der Waals surface area contributed by atoms with Gasteiger partial charge in [0.05, 0.1) is 0 Å². The highest BCUT2D eigenvalue weighted by atomic mass is 19.1. The fourth-order valence-electron chi connectivity index (χ4n) is 4.90. The monoisotopic (exact) mass is 380 g/mol. The highest BCUT2D eigenvalue weighted by Gasteiger charge is 2.34. The number of benzene rings is 2. The van der Waals surface area contributed by atoms with Crippen molar-refractivity contribution < 1.29 is 4.39 Å². The summed E-state index contributed by atoms with van der Waals surface area (Å²) in [6.45, 7) is 6.73. The molecule has 0 amide bonds. The first kappa shape index (κ1) is 19.6. The van der Waals surface area contributed by atoms with Crippen LogP contribution < -0.4 is 5.32 Å². The minimum Gasteiger partial charge on any atom is -0.303 e. The maximum atomic E-state index is 13.4. The van der Waals surface area contributed by atoms with E-state index in [2.05, 4.69) is 41.4 Å². The van der Waals surface area contributed by atoms with Crippen molar-refractivity contribution in [2.45, 2.75) is 64.1 Å². The number of nitrogens with one attached hydrogen (secondary N) is 1. The lowest BCUT2D eigenvalue weighted by Gasteiger charge is -2.32. The van der Waals surface area contributed by atoms with Gasteiger partial charge < -0.3 is 5.32 Å². The summed E-state index contributed by atoms with van der Waals surface area (Å²) in [6, 6.07) is 16.1. The van der Waals surface area contributed by atoms with E-state index in [4.69, 9.17) is 0 Å². The predicted molar refractivity (Wildman–Crippen MR) is 114 cm³/mol. The SMILES string of the molecule is CC1CCN(Cc2cccc(CNC3(c4ccc(F)cc4)CCCC3)c2)CC1. The first-order chi connectivity index (χ1) is 13.6. The van der Waals surface area contributed by atoms with Gasteiger partial charge in [-0.3, -0.25) is 4.90 Å². The zero-order valence-corrected chi connectivity index (χ0v) is 17.1. The number of rotatable bonds is 6. The molecule has 2 fully saturated rings. The zero-order chi connectivity index (χ0) is 19.4. The van der Waals surface area contributed by atoms with E-state index in [0.717, 1.165) is 31.8 Å². The van der Waals surface area contributed by atoms with Gasteiger partial charge in [0.15, 0.2) is 0 Å². The lowest BCUT2D eigenvalue weighted by atomic mass is 9.88. The van der Waals surface area contributed by atoms with Crippen LogP contribution in [0.25, 0.3) is 0 Å². The van der Waals surface area contributed by atoms with E-state index in [9.17, 15) is 4.39 Å². The van der Waals surface area contributed by atoms with E-state index in [-0.39, 0.29) is 11.4 Å². The molecule has 0 unspecified atom stereocenters. The topological polar surface area (TPSA) is 15.3 Å². The van der Waals surface area contributed by atoms with Crippen molar-refractivity contribution >= 4 is 0 Å². The second-order valence-corrected chi connectivity index (χ2v) is 8.93. The van der Waals surface area contributed by atoms with E-state index in [1.54, 1.807) is 12.1 Å². The van der Waals surface area contributed by atoms with Crippen LogP contribution in [0.4, 0.5) is 4.39 Å². The predicted octanol–water partition coefficient (Wildman–Crippen LogP) is 5.62. The van der Waals surface area contributed by atoms with Crippen LogP contribution in [0.1, 0.15) is 62.1 Å². The Bertz CT molecular complexity index is 756. The Morgan fingerprint density at radius 1 is 1.00 bits per heavy atom. The standard InChI is InChI=1S/C25H33FN2/c1-20-11-15-28(16-12-20)19-22-6-4-5-21(17-22)18-27-25(13-2-3-14-25)23-7-9-24(26)10-8-23/h4-10,17,20,27H,2-3,11-16,18-19H2,1H3. The maximum absolute atomic E-state index is 13.4. The van der Waals surface area contributed by atoms with Crippen LogP contribution in [0.2, 0.25) is 0 Å². The molecule has 150 valence electrons. The molecule has 28 heavy (non-hydrogen) atoms. The third-order valence-corrected chi connectivity index (χ3v) is 6.76. The summed E-state index contributed by atoms with van der Waals surface area (Å²) in [5.74, 6) is 0.720. The van der Waals surface area contributed by atoms with E-state index in [1.807, 2.05) is 12.1 Å². The fourth-order valence-corrected chi connectivity index (χ4v) is 4.90. The van der Waals surface area contributed by atoms with Crippen molar-refractivity contribution in [2.24, 2.45) is 5.92 Å². The summed E-state index contributed by atoms with van der Waals surface area (Å²) in [5, 5.41) is 3.85. The quantitative estimate of drug-likeness (QED) is 0.700. The Hall–Kier alpha value is -1.71. The second-order valence-electron chi connectivity index (χ2n) is 8.93. The average Bonchev–Trinajstić information content (AvgIpc) is 3.19. The Labute approximate surface area is 169 Å². The number of hydrogen-bond acceptors (Lipinski definition) is 2. The molecule has 0 bridgehead atoms. The molecule has 2 aromatic rings. The van der Waals surface area contributed by atoms with Gasteiger partial charge in [0.1, 0.15) is 5.82 Å². The highest BCUT2D eigenvalue weighted by molar-refractivity contribution is 5.28. The number of halogens is 1. The summed E-state index contributed by atoms with van der Waals surface area (Å²) in [5.41, 5.74) is 3.98. The molecular weight excluding hydrogens is 347 g/mol. The van der Waals surface area contributed by atoms with Crippen molar-refractivity contribution in [3.05, 3.63) is 71.0 Å². The van der Waals surface area contributed by atoms with Gasteiger partial charge in [-0.1, -0.05) is 56.2 Å². The molecule has 1 saturated carbocycles. The Kier molecular flexibility index (Phi) is 6.13. The minimum absolute atomic E-state index is 0.00723. The van der Waals surface area contributed by atoms with Gasteiger partial charge in [-0.25, -0.2) is 4.39 Å². The normalized spacial score (nSPS) is 20.5. The van der Waals surface area contributed by atoms with Crippen LogP contribution in [0, 0.1) is 11.7 Å². The third kappa shape index (κ3) is 4.64. The molecule has 3 heteroatoms. The molecule has 0 atom stereocenters. The molecule has 0 aromatic heterocycles. The van der Waals surface area contributed by atoms with Crippen LogP contribution in [-0.2, 0) is 18.6 Å². The first-order valence-corrected chi connectivity index (χ1v) is 10.9. The molecular formula is C25H33FN2. The summed E-state index contributed by atoms with van der Waals surface area (Å²) in [7, 11) is 0. The van der Waals surface area contributed by atoms with Gasteiger partial charge in [-0.15, -0.1) is 0 Å². The molecule has 1 N–H and O–H groups in total. The summed E-state index contributed by atoms with van der Waals surface area (Å²) in [6.07, 6.45) is 7.37. The molecule has 1 heterocycles. The van der Waals surface area contributed by atoms with E-state index >= 15 is 0 Å². The Morgan fingerprint density at radius 2 is 1.68 bits per heavy atom. The van der Waals surface area contributed by atoms with E-state index < -0.39 is 0 Å². The Balaban J connectivity index is 1.41. The number of hydrogen-bond donors (Lipinski definition) is 1. The Morgan fingerprint density at radius 3 is 2.39 bits per heavy atom. The molecule has 0 radical (unpaired) electrons. The van der Waals surface area contributed by atoms with Crippen LogP contribution in [0.15, 0.2) is 48.5 Å².